The second-order valence-corrected chi connectivity index (χ2v) is 4.66. The first-order chi connectivity index (χ1) is 9.88. The molecule has 0 aliphatic carbocycles. The van der Waals surface area contributed by atoms with Crippen molar-refractivity contribution in [1.29, 1.82) is 0 Å². The van der Waals surface area contributed by atoms with Crippen LogP contribution < -0.4 is 9.47 Å². The second kappa shape index (κ2) is 5.25. The Labute approximate surface area is 121 Å². The van der Waals surface area contributed by atoms with E-state index in [0.29, 0.717) is 5.75 Å². The van der Waals surface area contributed by atoms with Crippen LogP contribution in [0.1, 0.15) is 35.4 Å². The van der Waals surface area contributed by atoms with Gasteiger partial charge in [-0.2, -0.15) is 0 Å². The van der Waals surface area contributed by atoms with E-state index in [1.165, 1.54) is 33.3 Å². The summed E-state index contributed by atoms with van der Waals surface area (Å²) in [6.07, 6.45) is -1.44. The molecule has 0 aromatic heterocycles. The van der Waals surface area contributed by atoms with Crippen molar-refractivity contribution in [2.45, 2.75) is 25.0 Å². The van der Waals surface area contributed by atoms with Gasteiger partial charge >= 0.3 is 11.9 Å². The Bertz CT molecular complexity index is 595. The normalized spacial score (nSPS) is 19.4. The lowest BCUT2D eigenvalue weighted by atomic mass is 9.87. The predicted octanol–water partition coefficient (Wildman–Crippen LogP) is 1.14. The molecule has 1 aliphatic rings. The molecule has 0 fully saturated rings. The number of benzene rings is 1. The molecule has 1 aromatic carbocycles. The zero-order valence-electron chi connectivity index (χ0n) is 11.9. The van der Waals surface area contributed by atoms with Gasteiger partial charge in [0.05, 0.1) is 14.2 Å². The summed E-state index contributed by atoms with van der Waals surface area (Å²) in [5.41, 5.74) is -1.86. The maximum Gasteiger partial charge on any atom is 0.343 e. The van der Waals surface area contributed by atoms with Gasteiger partial charge in [0, 0.05) is 11.6 Å². The number of ether oxygens (including phenoxy) is 3. The molecule has 0 saturated heterocycles. The molecule has 0 radical (unpaired) electrons. The fourth-order valence-corrected chi connectivity index (χ4v) is 2.35. The van der Waals surface area contributed by atoms with Crippen LogP contribution in [0, 0.1) is 0 Å². The minimum absolute atomic E-state index is 0.108. The van der Waals surface area contributed by atoms with E-state index in [2.05, 4.69) is 0 Å². The lowest BCUT2D eigenvalue weighted by Crippen LogP contribution is -2.44. The lowest BCUT2D eigenvalue weighted by Gasteiger charge is -2.27. The van der Waals surface area contributed by atoms with E-state index in [4.69, 9.17) is 14.2 Å². The summed E-state index contributed by atoms with van der Waals surface area (Å²) >= 11 is 0. The van der Waals surface area contributed by atoms with Crippen molar-refractivity contribution in [3.63, 3.8) is 0 Å². The molecule has 0 unspecified atom stereocenters. The highest BCUT2D eigenvalue weighted by Gasteiger charge is 2.51. The maximum atomic E-state index is 12.0. The molecule has 2 rings (SSSR count). The molecule has 0 saturated carbocycles. The van der Waals surface area contributed by atoms with Gasteiger partial charge in [-0.15, -0.1) is 0 Å². The second-order valence-electron chi connectivity index (χ2n) is 4.66. The number of aliphatic carboxylic acids is 1. The number of carbonyl (C=O) groups is 2. The van der Waals surface area contributed by atoms with Crippen LogP contribution in [0.2, 0.25) is 0 Å². The summed E-state index contributed by atoms with van der Waals surface area (Å²) in [5, 5.41) is 19.6. The Morgan fingerprint density at radius 1 is 1.38 bits per heavy atom. The molecule has 0 amide bonds. The summed E-state index contributed by atoms with van der Waals surface area (Å²) in [6.45, 7) is 1.50. The van der Waals surface area contributed by atoms with Crippen LogP contribution in [0.25, 0.3) is 0 Å². The van der Waals surface area contributed by atoms with E-state index in [-0.39, 0.29) is 23.3 Å². The van der Waals surface area contributed by atoms with Gasteiger partial charge in [0.2, 0.25) is 5.60 Å². The van der Waals surface area contributed by atoms with Gasteiger partial charge in [0.1, 0.15) is 17.1 Å². The standard InChI is InChI=1S/C14H16O7/c1-4-14(18,13(16)17)11-8-5-7(19-2)6-9(20-3)10(8)12(15)21-11/h5-6,11,18H,4H2,1-3H3,(H,16,17)/t11-,14+/m1/s1. The Balaban J connectivity index is 2.64. The molecule has 0 bridgehead atoms. The third-order valence-electron chi connectivity index (χ3n) is 3.62. The number of carbonyl (C=O) groups excluding carboxylic acids is 1. The van der Waals surface area contributed by atoms with Crippen molar-refractivity contribution in [1.82, 2.24) is 0 Å². The average Bonchev–Trinajstić information content (AvgIpc) is 2.82. The van der Waals surface area contributed by atoms with Gasteiger partial charge in [-0.1, -0.05) is 6.92 Å². The van der Waals surface area contributed by atoms with Crippen LogP contribution in [-0.4, -0.2) is 42.0 Å². The molecule has 7 nitrogen and oxygen atoms in total. The predicted molar refractivity (Wildman–Crippen MR) is 70.6 cm³/mol. The van der Waals surface area contributed by atoms with Gasteiger partial charge in [-0.25, -0.2) is 9.59 Å². The van der Waals surface area contributed by atoms with Crippen molar-refractivity contribution in [2.24, 2.45) is 0 Å². The molecule has 0 spiro atoms. The van der Waals surface area contributed by atoms with Gasteiger partial charge in [0.25, 0.3) is 0 Å². The van der Waals surface area contributed by atoms with Crippen LogP contribution in [-0.2, 0) is 9.53 Å². The number of aliphatic hydroxyl groups is 1. The van der Waals surface area contributed by atoms with E-state index >= 15 is 0 Å². The fraction of sp³-hybridized carbons (Fsp3) is 0.429. The molecular formula is C14H16O7. The van der Waals surface area contributed by atoms with Crippen molar-refractivity contribution in [2.75, 3.05) is 14.2 Å². The van der Waals surface area contributed by atoms with Crippen LogP contribution in [0.3, 0.4) is 0 Å². The van der Waals surface area contributed by atoms with E-state index in [9.17, 15) is 19.8 Å². The average molecular weight is 296 g/mol. The smallest absolute Gasteiger partial charge is 0.343 e. The SMILES string of the molecule is CC[C@@](O)(C(=O)O)[C@@H]1OC(=O)c2c(OC)cc(OC)cc21. The first-order valence-electron chi connectivity index (χ1n) is 6.31. The van der Waals surface area contributed by atoms with Gasteiger partial charge in [0.15, 0.2) is 6.10 Å². The Morgan fingerprint density at radius 3 is 2.52 bits per heavy atom. The number of hydrogen-bond donors (Lipinski definition) is 2. The molecule has 1 heterocycles. The van der Waals surface area contributed by atoms with Crippen molar-refractivity contribution in [3.05, 3.63) is 23.3 Å². The number of carboxylic acids is 1. The number of methoxy groups -OCH3 is 2. The number of rotatable bonds is 5. The van der Waals surface area contributed by atoms with E-state index < -0.39 is 23.6 Å². The number of carboxylic acid groups (broad SMARTS) is 1. The third kappa shape index (κ3) is 2.19. The molecule has 1 aromatic rings. The van der Waals surface area contributed by atoms with E-state index in [1.54, 1.807) is 0 Å². The third-order valence-corrected chi connectivity index (χ3v) is 3.62. The molecule has 7 heteroatoms. The van der Waals surface area contributed by atoms with Crippen molar-refractivity contribution >= 4 is 11.9 Å². The summed E-state index contributed by atoms with van der Waals surface area (Å²) in [4.78, 5) is 23.4. The highest BCUT2D eigenvalue weighted by molar-refractivity contribution is 5.98. The summed E-state index contributed by atoms with van der Waals surface area (Å²) in [6, 6.07) is 2.96. The molecule has 1 aliphatic heterocycles. The summed E-state index contributed by atoms with van der Waals surface area (Å²) < 4.78 is 15.3. The van der Waals surface area contributed by atoms with Crippen LogP contribution in [0.15, 0.2) is 12.1 Å². The minimum Gasteiger partial charge on any atom is -0.497 e. The largest absolute Gasteiger partial charge is 0.497 e. The van der Waals surface area contributed by atoms with Crippen LogP contribution in [0.5, 0.6) is 11.5 Å². The van der Waals surface area contributed by atoms with E-state index in [0.717, 1.165) is 0 Å². The summed E-state index contributed by atoms with van der Waals surface area (Å²) in [7, 11) is 2.80. The highest BCUT2D eigenvalue weighted by Crippen LogP contribution is 2.45. The topological polar surface area (TPSA) is 102 Å². The Morgan fingerprint density at radius 2 is 2.05 bits per heavy atom. The fourth-order valence-electron chi connectivity index (χ4n) is 2.35. The zero-order valence-corrected chi connectivity index (χ0v) is 11.9. The van der Waals surface area contributed by atoms with Crippen LogP contribution >= 0.6 is 0 Å². The Kier molecular flexibility index (Phi) is 3.78. The van der Waals surface area contributed by atoms with Gasteiger partial charge in [-0.3, -0.25) is 0 Å². The lowest BCUT2D eigenvalue weighted by molar-refractivity contribution is -0.172. The summed E-state index contributed by atoms with van der Waals surface area (Å²) in [5.74, 6) is -1.61. The maximum absolute atomic E-state index is 12.0. The van der Waals surface area contributed by atoms with Crippen LogP contribution in [0.4, 0.5) is 0 Å². The molecule has 2 atom stereocenters. The molecule has 114 valence electrons. The number of cyclic esters (lactones) is 1. The Hall–Kier alpha value is -2.28. The molecular weight excluding hydrogens is 280 g/mol. The van der Waals surface area contributed by atoms with E-state index in [1.807, 2.05) is 0 Å². The first-order valence-corrected chi connectivity index (χ1v) is 6.31. The number of esters is 1. The first kappa shape index (κ1) is 15.1. The molecule has 2 N–H and O–H groups in total. The zero-order chi connectivity index (χ0) is 15.8. The number of fused-ring (bicyclic) bond motifs is 1. The monoisotopic (exact) mass is 296 g/mol. The number of hydrogen-bond acceptors (Lipinski definition) is 6. The van der Waals surface area contributed by atoms with Gasteiger partial charge in [-0.05, 0) is 12.5 Å². The highest BCUT2D eigenvalue weighted by atomic mass is 16.6. The van der Waals surface area contributed by atoms with Crippen molar-refractivity contribution < 1.29 is 34.0 Å². The van der Waals surface area contributed by atoms with Gasteiger partial charge < -0.3 is 24.4 Å². The molecule has 21 heavy (non-hydrogen) atoms. The van der Waals surface area contributed by atoms with Crippen molar-refractivity contribution in [3.8, 4) is 11.5 Å². The quantitative estimate of drug-likeness (QED) is 0.785. The minimum atomic E-state index is -2.21.